The molecule has 0 aliphatic rings. The molecule has 1 aromatic carbocycles. The van der Waals surface area contributed by atoms with Crippen LogP contribution in [0.4, 0.5) is 22.0 Å². The lowest BCUT2D eigenvalue weighted by Gasteiger charge is -2.12. The van der Waals surface area contributed by atoms with Crippen LogP contribution in [0.3, 0.4) is 0 Å². The van der Waals surface area contributed by atoms with Crippen LogP contribution in [0.1, 0.15) is 0 Å². The van der Waals surface area contributed by atoms with Gasteiger partial charge in [0.1, 0.15) is 12.6 Å². The highest BCUT2D eigenvalue weighted by Crippen LogP contribution is 2.28. The van der Waals surface area contributed by atoms with E-state index < -0.39 is 53.5 Å². The largest absolute Gasteiger partial charge is 0.485 e. The number of aliphatic carboxylic acids is 1. The number of carboxylic acids is 1. The van der Waals surface area contributed by atoms with Crippen LogP contribution in [0.25, 0.3) is 0 Å². The van der Waals surface area contributed by atoms with Crippen LogP contribution in [0.5, 0.6) is 5.75 Å². The number of halogens is 5. The molecule has 18 heavy (non-hydrogen) atoms. The molecule has 0 saturated heterocycles. The summed E-state index contributed by atoms with van der Waals surface area (Å²) in [6.45, 7) is -0.951. The summed E-state index contributed by atoms with van der Waals surface area (Å²) in [5, 5.41) is 8.35. The quantitative estimate of drug-likeness (QED) is 0.490. The van der Waals surface area contributed by atoms with Gasteiger partial charge < -0.3 is 15.6 Å². The zero-order valence-corrected chi connectivity index (χ0v) is 8.52. The first-order valence-corrected chi connectivity index (χ1v) is 4.40. The third-order valence-corrected chi connectivity index (χ3v) is 1.89. The summed E-state index contributed by atoms with van der Waals surface area (Å²) in [5.74, 6) is -14.2. The van der Waals surface area contributed by atoms with Crippen molar-refractivity contribution in [3.05, 3.63) is 29.1 Å². The van der Waals surface area contributed by atoms with Crippen LogP contribution < -0.4 is 10.5 Å². The topological polar surface area (TPSA) is 72.5 Å². The van der Waals surface area contributed by atoms with E-state index in [-0.39, 0.29) is 0 Å². The van der Waals surface area contributed by atoms with E-state index in [1.807, 2.05) is 0 Å². The lowest BCUT2D eigenvalue weighted by Crippen LogP contribution is -2.36. The Morgan fingerprint density at radius 3 is 1.83 bits per heavy atom. The van der Waals surface area contributed by atoms with Crippen LogP contribution in [0.2, 0.25) is 0 Å². The minimum absolute atomic E-state index is 0.951. The SMILES string of the molecule is NC(COc1c(F)c(F)c(F)c(F)c1F)C(=O)O. The van der Waals surface area contributed by atoms with Crippen LogP contribution in [0, 0.1) is 29.1 Å². The number of benzene rings is 1. The number of nitrogens with two attached hydrogens (primary N) is 1. The van der Waals surface area contributed by atoms with E-state index in [4.69, 9.17) is 10.8 Å². The Balaban J connectivity index is 3.07. The number of ether oxygens (including phenoxy) is 1. The number of rotatable bonds is 4. The first kappa shape index (κ1) is 14.2. The molecular weight excluding hydrogens is 265 g/mol. The summed E-state index contributed by atoms with van der Waals surface area (Å²) < 4.78 is 68.3. The summed E-state index contributed by atoms with van der Waals surface area (Å²) in [7, 11) is 0. The molecule has 0 saturated carbocycles. The fourth-order valence-electron chi connectivity index (χ4n) is 0.956. The van der Waals surface area contributed by atoms with E-state index in [1.165, 1.54) is 0 Å². The standard InChI is InChI=1S/C9H6F5NO3/c10-3-4(11)6(13)8(7(14)5(3)12)18-1-2(15)9(16)17/h2H,1,15H2,(H,16,17). The van der Waals surface area contributed by atoms with Gasteiger partial charge in [-0.1, -0.05) is 0 Å². The van der Waals surface area contributed by atoms with E-state index in [1.54, 1.807) is 0 Å². The summed E-state index contributed by atoms with van der Waals surface area (Å²) >= 11 is 0. The molecule has 3 N–H and O–H groups in total. The van der Waals surface area contributed by atoms with Gasteiger partial charge in [0.2, 0.25) is 29.1 Å². The zero-order chi connectivity index (χ0) is 14.0. The predicted molar refractivity (Wildman–Crippen MR) is 47.3 cm³/mol. The Kier molecular flexibility index (Phi) is 4.07. The molecule has 0 fully saturated rings. The van der Waals surface area contributed by atoms with E-state index >= 15 is 0 Å². The third-order valence-electron chi connectivity index (χ3n) is 1.89. The van der Waals surface area contributed by atoms with Gasteiger partial charge in [-0.15, -0.1) is 0 Å². The van der Waals surface area contributed by atoms with Gasteiger partial charge >= 0.3 is 5.97 Å². The van der Waals surface area contributed by atoms with Crippen molar-refractivity contribution in [3.63, 3.8) is 0 Å². The van der Waals surface area contributed by atoms with Crippen LogP contribution in [-0.2, 0) is 4.79 Å². The maximum Gasteiger partial charge on any atom is 0.324 e. The second-order valence-corrected chi connectivity index (χ2v) is 3.15. The lowest BCUT2D eigenvalue weighted by molar-refractivity contribution is -0.139. The monoisotopic (exact) mass is 271 g/mol. The average molecular weight is 271 g/mol. The molecule has 0 bridgehead atoms. The maximum atomic E-state index is 13.0. The molecule has 0 aliphatic heterocycles. The van der Waals surface area contributed by atoms with Gasteiger partial charge in [0, 0.05) is 0 Å². The number of carboxylic acid groups (broad SMARTS) is 1. The van der Waals surface area contributed by atoms with E-state index in [9.17, 15) is 26.7 Å². The van der Waals surface area contributed by atoms with Crippen molar-refractivity contribution in [2.24, 2.45) is 5.73 Å². The third kappa shape index (κ3) is 2.50. The molecule has 9 heteroatoms. The van der Waals surface area contributed by atoms with E-state index in [0.717, 1.165) is 0 Å². The molecule has 100 valence electrons. The smallest absolute Gasteiger partial charge is 0.324 e. The molecule has 0 aliphatic carbocycles. The number of hydrogen-bond donors (Lipinski definition) is 2. The highest BCUT2D eigenvalue weighted by atomic mass is 19.2. The predicted octanol–water partition coefficient (Wildman–Crippen LogP) is 1.17. The van der Waals surface area contributed by atoms with Gasteiger partial charge in [-0.25, -0.2) is 13.2 Å². The molecule has 0 heterocycles. The van der Waals surface area contributed by atoms with E-state index in [2.05, 4.69) is 4.74 Å². The Hall–Kier alpha value is -1.90. The van der Waals surface area contributed by atoms with Gasteiger partial charge in [0.05, 0.1) is 0 Å². The highest BCUT2D eigenvalue weighted by Gasteiger charge is 2.27. The zero-order valence-electron chi connectivity index (χ0n) is 8.52. The number of hydrogen-bond acceptors (Lipinski definition) is 3. The van der Waals surface area contributed by atoms with E-state index in [0.29, 0.717) is 0 Å². The van der Waals surface area contributed by atoms with Gasteiger partial charge in [0.25, 0.3) is 0 Å². The molecule has 0 radical (unpaired) electrons. The van der Waals surface area contributed by atoms with Crippen molar-refractivity contribution in [3.8, 4) is 5.75 Å². The molecule has 1 unspecified atom stereocenters. The van der Waals surface area contributed by atoms with Crippen molar-refractivity contribution < 1.29 is 36.6 Å². The van der Waals surface area contributed by atoms with Crippen LogP contribution in [0.15, 0.2) is 0 Å². The normalized spacial score (nSPS) is 12.3. The Bertz CT molecular complexity index is 465. The lowest BCUT2D eigenvalue weighted by atomic mass is 10.2. The first-order valence-electron chi connectivity index (χ1n) is 4.40. The average Bonchev–Trinajstić information content (AvgIpc) is 2.33. The van der Waals surface area contributed by atoms with Gasteiger partial charge in [-0.2, -0.15) is 8.78 Å². The summed E-state index contributed by atoms with van der Waals surface area (Å²) in [4.78, 5) is 10.3. The molecule has 1 aromatic rings. The van der Waals surface area contributed by atoms with Crippen LogP contribution in [-0.4, -0.2) is 23.7 Å². The molecule has 0 amide bonds. The Labute approximate surface area is 96.8 Å². The fourth-order valence-corrected chi connectivity index (χ4v) is 0.956. The van der Waals surface area contributed by atoms with Crippen molar-refractivity contribution >= 4 is 5.97 Å². The molecule has 1 atom stereocenters. The van der Waals surface area contributed by atoms with Crippen molar-refractivity contribution in [2.45, 2.75) is 6.04 Å². The Morgan fingerprint density at radius 2 is 1.44 bits per heavy atom. The second kappa shape index (κ2) is 5.17. The first-order chi connectivity index (χ1) is 8.27. The molecule has 0 aromatic heterocycles. The minimum Gasteiger partial charge on any atom is -0.485 e. The fraction of sp³-hybridized carbons (Fsp3) is 0.222. The van der Waals surface area contributed by atoms with Gasteiger partial charge in [-0.05, 0) is 0 Å². The highest BCUT2D eigenvalue weighted by molar-refractivity contribution is 5.73. The van der Waals surface area contributed by atoms with Crippen LogP contribution >= 0.6 is 0 Å². The van der Waals surface area contributed by atoms with Crippen molar-refractivity contribution in [2.75, 3.05) is 6.61 Å². The molecule has 4 nitrogen and oxygen atoms in total. The number of carbonyl (C=O) groups is 1. The summed E-state index contributed by atoms with van der Waals surface area (Å²) in [6, 6.07) is -1.67. The van der Waals surface area contributed by atoms with Crippen molar-refractivity contribution in [1.29, 1.82) is 0 Å². The molecular formula is C9H6F5NO3. The minimum atomic E-state index is -2.33. The summed E-state index contributed by atoms with van der Waals surface area (Å²) in [6.07, 6.45) is 0. The molecule has 1 rings (SSSR count). The van der Waals surface area contributed by atoms with Gasteiger partial charge in [0.15, 0.2) is 5.75 Å². The second-order valence-electron chi connectivity index (χ2n) is 3.15. The van der Waals surface area contributed by atoms with Gasteiger partial charge in [-0.3, -0.25) is 4.79 Å². The Morgan fingerprint density at radius 1 is 1.06 bits per heavy atom. The van der Waals surface area contributed by atoms with Crippen molar-refractivity contribution in [1.82, 2.24) is 0 Å². The molecule has 0 spiro atoms. The maximum absolute atomic E-state index is 13.0. The summed E-state index contributed by atoms with van der Waals surface area (Å²) in [5.41, 5.74) is 4.94.